The molecule has 0 aliphatic carbocycles. The maximum absolute atomic E-state index is 12.6. The normalized spacial score (nSPS) is 9.39. The lowest BCUT2D eigenvalue weighted by Gasteiger charge is -2.10. The molecule has 0 atom stereocenters. The highest BCUT2D eigenvalue weighted by Crippen LogP contribution is 2.19. The minimum absolute atomic E-state index is 0.230. The molecule has 62 heavy (non-hydrogen) atoms. The van der Waals surface area contributed by atoms with E-state index in [4.69, 9.17) is 0 Å². The first-order valence-corrected chi connectivity index (χ1v) is 20.7. The number of amides is 4. The molecule has 6 aromatic carbocycles. The van der Waals surface area contributed by atoms with Crippen molar-refractivity contribution < 1.29 is 19.2 Å². The van der Waals surface area contributed by atoms with Gasteiger partial charge in [0.1, 0.15) is 0 Å². The number of carbonyl (C=O) groups excluding carboxylic acids is 4. The van der Waals surface area contributed by atoms with E-state index in [0.717, 1.165) is 22.7 Å². The number of hydrogen-bond donors (Lipinski definition) is 8. The first-order valence-electron chi connectivity index (χ1n) is 20.7. The summed E-state index contributed by atoms with van der Waals surface area (Å²) in [7, 11) is 7.30. The maximum Gasteiger partial charge on any atom is 0.255 e. The average molecular weight is 839 g/mol. The van der Waals surface area contributed by atoms with Crippen LogP contribution in [0.4, 0.5) is 45.5 Å². The Bertz CT molecular complexity index is 2120. The fraction of sp³-hybridized carbons (Fsp3) is 0.200. The monoisotopic (exact) mass is 838 g/mol. The molecule has 0 unspecified atom stereocenters. The number of carbonyl (C=O) groups is 4. The fourth-order valence-corrected chi connectivity index (χ4v) is 5.33. The predicted molar refractivity (Wildman–Crippen MR) is 263 cm³/mol. The topological polar surface area (TPSA) is 165 Å². The largest absolute Gasteiger partial charge is 0.388 e. The molecule has 0 heterocycles. The molecule has 12 heteroatoms. The van der Waals surface area contributed by atoms with Gasteiger partial charge in [0.15, 0.2) is 0 Å². The molecule has 8 N–H and O–H groups in total. The van der Waals surface area contributed by atoms with Crippen LogP contribution in [0.15, 0.2) is 146 Å². The average Bonchev–Trinajstić information content (AvgIpc) is 3.34. The number of rotatable bonds is 12. The van der Waals surface area contributed by atoms with Gasteiger partial charge in [0.2, 0.25) is 0 Å². The van der Waals surface area contributed by atoms with Gasteiger partial charge < -0.3 is 42.5 Å². The summed E-state index contributed by atoms with van der Waals surface area (Å²) >= 11 is 0. The first kappa shape index (κ1) is 50.5. The van der Waals surface area contributed by atoms with E-state index in [2.05, 4.69) is 42.5 Å². The second-order valence-electron chi connectivity index (χ2n) is 12.3. The molecule has 0 aliphatic rings. The Balaban J connectivity index is 0.000000381. The van der Waals surface area contributed by atoms with Crippen molar-refractivity contribution in [1.29, 1.82) is 0 Å². The summed E-state index contributed by atoms with van der Waals surface area (Å²) in [4.78, 5) is 49.9. The van der Waals surface area contributed by atoms with Crippen molar-refractivity contribution in [3.05, 3.63) is 168 Å². The van der Waals surface area contributed by atoms with Crippen LogP contribution in [0.25, 0.3) is 0 Å². The van der Waals surface area contributed by atoms with Crippen molar-refractivity contribution in [2.45, 2.75) is 41.5 Å². The van der Waals surface area contributed by atoms with Crippen molar-refractivity contribution in [1.82, 2.24) is 0 Å². The quantitative estimate of drug-likeness (QED) is 0.0603. The highest BCUT2D eigenvalue weighted by molar-refractivity contribution is 6.09. The Labute approximate surface area is 367 Å². The number of anilines is 8. The molecule has 0 bridgehead atoms. The van der Waals surface area contributed by atoms with Gasteiger partial charge in [-0.1, -0.05) is 59.7 Å². The highest BCUT2D eigenvalue weighted by atomic mass is 16.2. The van der Waals surface area contributed by atoms with Crippen LogP contribution in [-0.2, 0) is 0 Å². The van der Waals surface area contributed by atoms with Gasteiger partial charge in [0.25, 0.3) is 23.6 Å². The van der Waals surface area contributed by atoms with E-state index < -0.39 is 0 Å². The van der Waals surface area contributed by atoms with Gasteiger partial charge in [-0.05, 0) is 127 Å². The molecule has 0 aromatic heterocycles. The Hall–Kier alpha value is -7.60. The minimum atomic E-state index is -0.278. The zero-order valence-corrected chi connectivity index (χ0v) is 37.5. The van der Waals surface area contributed by atoms with Gasteiger partial charge in [-0.25, -0.2) is 0 Å². The molecular weight excluding hydrogens is 777 g/mol. The van der Waals surface area contributed by atoms with E-state index in [9.17, 15) is 19.2 Å². The molecule has 0 saturated carbocycles. The zero-order chi connectivity index (χ0) is 45.9. The molecule has 0 spiro atoms. The van der Waals surface area contributed by atoms with Gasteiger partial charge in [0.05, 0.1) is 0 Å². The fourth-order valence-electron chi connectivity index (χ4n) is 5.33. The summed E-state index contributed by atoms with van der Waals surface area (Å²) < 4.78 is 0. The second-order valence-corrected chi connectivity index (χ2v) is 12.3. The van der Waals surface area contributed by atoms with Crippen molar-refractivity contribution in [2.75, 3.05) is 70.7 Å². The molecule has 326 valence electrons. The standard InChI is InChI=1S/2C22H22N4O2.3C2H6/c1-23-17-8-4-10-19(13-17)25-21(27)15-6-3-7-16(12-15)22(28)26-20-11-5-9-18(14-20)24-2;1-23-17-7-11-19(12-8-17)25-21(27)15-3-5-16(6-4-15)22(28)26-20-13-9-18(24-2)10-14-20;3*1-2/h2*3-14,23-24H,1-2H3,(H,25,27)(H,26,28);3*1-2H3. The van der Waals surface area contributed by atoms with E-state index in [1.54, 1.807) is 48.5 Å². The maximum atomic E-state index is 12.6. The summed E-state index contributed by atoms with van der Waals surface area (Å²) in [6.45, 7) is 12.0. The van der Waals surface area contributed by atoms with Crippen LogP contribution in [0.3, 0.4) is 0 Å². The lowest BCUT2D eigenvalue weighted by molar-refractivity contribution is 0.101. The van der Waals surface area contributed by atoms with Crippen molar-refractivity contribution >= 4 is 69.1 Å². The van der Waals surface area contributed by atoms with E-state index in [0.29, 0.717) is 45.0 Å². The van der Waals surface area contributed by atoms with Gasteiger partial charge in [-0.3, -0.25) is 19.2 Å². The van der Waals surface area contributed by atoms with Crippen LogP contribution in [0, 0.1) is 0 Å². The molecule has 6 aromatic rings. The van der Waals surface area contributed by atoms with E-state index in [-0.39, 0.29) is 23.6 Å². The number of benzene rings is 6. The summed E-state index contributed by atoms with van der Waals surface area (Å²) in [5.41, 5.74) is 8.27. The number of nitrogens with one attached hydrogen (secondary N) is 8. The molecular formula is C50H62N8O4. The summed E-state index contributed by atoms with van der Waals surface area (Å²) in [6, 6.07) is 42.8. The first-order chi connectivity index (χ1) is 30.2. The summed E-state index contributed by atoms with van der Waals surface area (Å²) in [6.07, 6.45) is 0. The smallest absolute Gasteiger partial charge is 0.255 e. The third-order valence-electron chi connectivity index (χ3n) is 8.48. The van der Waals surface area contributed by atoms with Crippen LogP contribution in [-0.4, -0.2) is 51.8 Å². The minimum Gasteiger partial charge on any atom is -0.388 e. The SMILES string of the molecule is CC.CC.CC.CNc1ccc(NC(=O)c2ccc(C(=O)Nc3ccc(NC)cc3)cc2)cc1.CNc1cccc(NC(=O)c2cccc(C(=O)Nc3cccc(NC)c3)c2)c1. The highest BCUT2D eigenvalue weighted by Gasteiger charge is 2.13. The van der Waals surface area contributed by atoms with E-state index >= 15 is 0 Å². The molecule has 0 aliphatic heterocycles. The van der Waals surface area contributed by atoms with Crippen LogP contribution in [0.1, 0.15) is 83.0 Å². The van der Waals surface area contributed by atoms with Crippen molar-refractivity contribution in [2.24, 2.45) is 0 Å². The zero-order valence-electron chi connectivity index (χ0n) is 37.5. The molecule has 0 radical (unpaired) electrons. The van der Waals surface area contributed by atoms with Gasteiger partial charge >= 0.3 is 0 Å². The Kier molecular flexibility index (Phi) is 22.8. The lowest BCUT2D eigenvalue weighted by atomic mass is 10.1. The van der Waals surface area contributed by atoms with Crippen LogP contribution in [0.5, 0.6) is 0 Å². The van der Waals surface area contributed by atoms with E-state index in [1.165, 1.54) is 0 Å². The van der Waals surface area contributed by atoms with Gasteiger partial charge in [0, 0.05) is 95.9 Å². The molecule has 0 saturated heterocycles. The summed E-state index contributed by atoms with van der Waals surface area (Å²) in [5.74, 6) is -1.01. The third-order valence-corrected chi connectivity index (χ3v) is 8.48. The molecule has 4 amide bonds. The summed E-state index contributed by atoms with van der Waals surface area (Å²) in [5, 5.41) is 23.5. The third kappa shape index (κ3) is 16.2. The van der Waals surface area contributed by atoms with Crippen LogP contribution >= 0.6 is 0 Å². The second kappa shape index (κ2) is 28.0. The molecule has 12 nitrogen and oxygen atoms in total. The molecule has 0 fully saturated rings. The van der Waals surface area contributed by atoms with Crippen LogP contribution < -0.4 is 42.5 Å². The van der Waals surface area contributed by atoms with Crippen molar-refractivity contribution in [3.8, 4) is 0 Å². The molecule has 6 rings (SSSR count). The van der Waals surface area contributed by atoms with Gasteiger partial charge in [-0.2, -0.15) is 0 Å². The Morgan fingerprint density at radius 1 is 0.274 bits per heavy atom. The number of hydrogen-bond acceptors (Lipinski definition) is 8. The predicted octanol–water partition coefficient (Wildman–Crippen LogP) is 11.6. The van der Waals surface area contributed by atoms with E-state index in [1.807, 2.05) is 167 Å². The van der Waals surface area contributed by atoms with Gasteiger partial charge in [-0.15, -0.1) is 0 Å². The Morgan fingerprint density at radius 3 is 0.855 bits per heavy atom. The van der Waals surface area contributed by atoms with Crippen molar-refractivity contribution in [3.63, 3.8) is 0 Å². The Morgan fingerprint density at radius 2 is 0.532 bits per heavy atom. The van der Waals surface area contributed by atoms with Crippen LogP contribution in [0.2, 0.25) is 0 Å². The lowest BCUT2D eigenvalue weighted by Crippen LogP contribution is -2.15.